The summed E-state index contributed by atoms with van der Waals surface area (Å²) in [7, 11) is 0. The van der Waals surface area contributed by atoms with Crippen LogP contribution in [0.25, 0.3) is 0 Å². The van der Waals surface area contributed by atoms with Crippen molar-refractivity contribution in [1.82, 2.24) is 5.32 Å². The largest absolute Gasteiger partial charge is 0.381 e. The summed E-state index contributed by atoms with van der Waals surface area (Å²) < 4.78 is 5.47. The van der Waals surface area contributed by atoms with E-state index in [1.165, 1.54) is 17.7 Å². The molecule has 15 heavy (non-hydrogen) atoms. The summed E-state index contributed by atoms with van der Waals surface area (Å²) in [5.41, 5.74) is 0. The van der Waals surface area contributed by atoms with Crippen LogP contribution in [0.3, 0.4) is 0 Å². The first-order valence-electron chi connectivity index (χ1n) is 5.71. The Morgan fingerprint density at radius 2 is 2.60 bits per heavy atom. The zero-order valence-corrected chi connectivity index (χ0v) is 10.1. The van der Waals surface area contributed by atoms with E-state index in [9.17, 15) is 0 Å². The molecule has 1 aliphatic heterocycles. The lowest BCUT2D eigenvalue weighted by Gasteiger charge is -2.24. The fourth-order valence-corrected chi connectivity index (χ4v) is 2.71. The molecule has 1 saturated heterocycles. The van der Waals surface area contributed by atoms with Gasteiger partial charge < -0.3 is 10.1 Å². The van der Waals surface area contributed by atoms with Gasteiger partial charge in [0.1, 0.15) is 0 Å². The number of hydrogen-bond donors (Lipinski definition) is 1. The van der Waals surface area contributed by atoms with E-state index in [4.69, 9.17) is 4.74 Å². The highest BCUT2D eigenvalue weighted by Gasteiger charge is 2.15. The first-order chi connectivity index (χ1) is 7.36. The predicted molar refractivity (Wildman–Crippen MR) is 64.3 cm³/mol. The summed E-state index contributed by atoms with van der Waals surface area (Å²) in [6, 6.07) is 4.79. The Bertz CT molecular complexity index is 267. The van der Waals surface area contributed by atoms with Crippen molar-refractivity contribution in [3.8, 4) is 0 Å². The van der Waals surface area contributed by atoms with Crippen LogP contribution in [0.4, 0.5) is 0 Å². The van der Waals surface area contributed by atoms with E-state index in [1.54, 1.807) is 0 Å². The first kappa shape index (κ1) is 11.1. The monoisotopic (exact) mass is 225 g/mol. The second-order valence-electron chi connectivity index (χ2n) is 4.23. The lowest BCUT2D eigenvalue weighted by atomic mass is 10.0. The average molecular weight is 225 g/mol. The van der Waals surface area contributed by atoms with Gasteiger partial charge in [-0.15, -0.1) is 11.3 Å². The van der Waals surface area contributed by atoms with Gasteiger partial charge in [0, 0.05) is 24.1 Å². The first-order valence-corrected chi connectivity index (χ1v) is 6.59. The van der Waals surface area contributed by atoms with E-state index < -0.39 is 0 Å². The standard InChI is InChI=1S/C12H19NOS/c1-10(12-5-3-7-15-12)13-8-11-4-2-6-14-9-11/h3,5,7,10-11,13H,2,4,6,8-9H2,1H3/t10-,11?/m0/s1. The number of nitrogens with one attached hydrogen (secondary N) is 1. The van der Waals surface area contributed by atoms with Crippen LogP contribution in [0.15, 0.2) is 17.5 Å². The molecular weight excluding hydrogens is 206 g/mol. The van der Waals surface area contributed by atoms with Gasteiger partial charge in [-0.05, 0) is 37.1 Å². The minimum Gasteiger partial charge on any atom is -0.381 e. The smallest absolute Gasteiger partial charge is 0.0506 e. The zero-order chi connectivity index (χ0) is 10.5. The van der Waals surface area contributed by atoms with E-state index in [0.29, 0.717) is 12.0 Å². The fourth-order valence-electron chi connectivity index (χ4n) is 1.95. The van der Waals surface area contributed by atoms with Crippen molar-refractivity contribution in [3.05, 3.63) is 22.4 Å². The molecule has 0 bridgehead atoms. The van der Waals surface area contributed by atoms with E-state index in [0.717, 1.165) is 19.8 Å². The molecule has 2 heterocycles. The molecule has 1 fully saturated rings. The maximum Gasteiger partial charge on any atom is 0.0506 e. The minimum atomic E-state index is 0.479. The molecule has 84 valence electrons. The minimum absolute atomic E-state index is 0.479. The topological polar surface area (TPSA) is 21.3 Å². The Labute approximate surface area is 95.6 Å². The van der Waals surface area contributed by atoms with Crippen molar-refractivity contribution >= 4 is 11.3 Å². The number of thiophene rings is 1. The number of ether oxygens (including phenoxy) is 1. The third kappa shape index (κ3) is 3.30. The van der Waals surface area contributed by atoms with E-state index >= 15 is 0 Å². The van der Waals surface area contributed by atoms with Gasteiger partial charge >= 0.3 is 0 Å². The third-order valence-corrected chi connectivity index (χ3v) is 3.99. The molecule has 0 aliphatic carbocycles. The summed E-state index contributed by atoms with van der Waals surface area (Å²) in [4.78, 5) is 1.42. The summed E-state index contributed by atoms with van der Waals surface area (Å²) >= 11 is 1.82. The SMILES string of the molecule is C[C@H](NCC1CCCOC1)c1cccs1. The van der Waals surface area contributed by atoms with Crippen LogP contribution in [-0.2, 0) is 4.74 Å². The maximum atomic E-state index is 5.47. The lowest BCUT2D eigenvalue weighted by molar-refractivity contribution is 0.0540. The average Bonchev–Trinajstić information content (AvgIpc) is 2.81. The van der Waals surface area contributed by atoms with Crippen LogP contribution in [-0.4, -0.2) is 19.8 Å². The van der Waals surface area contributed by atoms with Gasteiger partial charge in [-0.25, -0.2) is 0 Å². The molecule has 2 rings (SSSR count). The molecule has 3 heteroatoms. The molecule has 1 aromatic heterocycles. The Morgan fingerprint density at radius 3 is 3.27 bits per heavy atom. The van der Waals surface area contributed by atoms with Crippen LogP contribution in [0.5, 0.6) is 0 Å². The van der Waals surface area contributed by atoms with Crippen molar-refractivity contribution in [2.45, 2.75) is 25.8 Å². The maximum absolute atomic E-state index is 5.47. The summed E-state index contributed by atoms with van der Waals surface area (Å²) in [5.74, 6) is 0.709. The molecule has 1 aromatic rings. The van der Waals surface area contributed by atoms with Crippen LogP contribution in [0, 0.1) is 5.92 Å². The van der Waals surface area contributed by atoms with Gasteiger partial charge in [0.2, 0.25) is 0 Å². The third-order valence-electron chi connectivity index (χ3n) is 2.94. The summed E-state index contributed by atoms with van der Waals surface area (Å²) in [6.07, 6.45) is 2.53. The molecule has 1 N–H and O–H groups in total. The molecular formula is C12H19NOS. The molecule has 1 unspecified atom stereocenters. The van der Waals surface area contributed by atoms with E-state index in [1.807, 2.05) is 11.3 Å². The quantitative estimate of drug-likeness (QED) is 0.851. The van der Waals surface area contributed by atoms with Gasteiger partial charge in [-0.3, -0.25) is 0 Å². The second kappa shape index (κ2) is 5.64. The molecule has 2 nitrogen and oxygen atoms in total. The molecule has 1 aliphatic rings. The van der Waals surface area contributed by atoms with Crippen molar-refractivity contribution in [1.29, 1.82) is 0 Å². The van der Waals surface area contributed by atoms with Crippen LogP contribution in [0.1, 0.15) is 30.7 Å². The van der Waals surface area contributed by atoms with Gasteiger partial charge in [0.25, 0.3) is 0 Å². The van der Waals surface area contributed by atoms with Gasteiger partial charge in [0.15, 0.2) is 0 Å². The lowest BCUT2D eigenvalue weighted by Crippen LogP contribution is -2.30. The highest BCUT2D eigenvalue weighted by Crippen LogP contribution is 2.19. The summed E-state index contributed by atoms with van der Waals surface area (Å²) in [5, 5.41) is 5.72. The van der Waals surface area contributed by atoms with Gasteiger partial charge in [-0.1, -0.05) is 6.07 Å². The highest BCUT2D eigenvalue weighted by molar-refractivity contribution is 7.10. The Hall–Kier alpha value is -0.380. The molecule has 0 amide bonds. The van der Waals surface area contributed by atoms with Crippen LogP contribution >= 0.6 is 11.3 Å². The van der Waals surface area contributed by atoms with Crippen molar-refractivity contribution in [3.63, 3.8) is 0 Å². The predicted octanol–water partition coefficient (Wildman–Crippen LogP) is 2.83. The number of rotatable bonds is 4. The van der Waals surface area contributed by atoms with E-state index in [-0.39, 0.29) is 0 Å². The normalized spacial score (nSPS) is 23.9. The van der Waals surface area contributed by atoms with Crippen LogP contribution in [0.2, 0.25) is 0 Å². The van der Waals surface area contributed by atoms with Crippen molar-refractivity contribution in [2.24, 2.45) is 5.92 Å². The van der Waals surface area contributed by atoms with Gasteiger partial charge in [-0.2, -0.15) is 0 Å². The number of hydrogen-bond acceptors (Lipinski definition) is 3. The van der Waals surface area contributed by atoms with Crippen molar-refractivity contribution < 1.29 is 4.74 Å². The Morgan fingerprint density at radius 1 is 1.67 bits per heavy atom. The fraction of sp³-hybridized carbons (Fsp3) is 0.667. The Balaban J connectivity index is 1.73. The molecule has 0 radical (unpaired) electrons. The summed E-state index contributed by atoms with van der Waals surface area (Å²) in [6.45, 7) is 5.20. The highest BCUT2D eigenvalue weighted by atomic mass is 32.1. The zero-order valence-electron chi connectivity index (χ0n) is 9.24. The molecule has 2 atom stereocenters. The molecule has 0 saturated carbocycles. The van der Waals surface area contributed by atoms with Crippen LogP contribution < -0.4 is 5.32 Å². The van der Waals surface area contributed by atoms with E-state index in [2.05, 4.69) is 29.8 Å². The molecule has 0 spiro atoms. The second-order valence-corrected chi connectivity index (χ2v) is 5.21. The van der Waals surface area contributed by atoms with Crippen molar-refractivity contribution in [2.75, 3.05) is 19.8 Å². The molecule has 0 aromatic carbocycles. The Kier molecular flexibility index (Phi) is 4.18. The van der Waals surface area contributed by atoms with Gasteiger partial charge in [0.05, 0.1) is 6.61 Å².